The van der Waals surface area contributed by atoms with Gasteiger partial charge in [-0.3, -0.25) is 4.79 Å². The molecular formula is C14H16BrClO2. The summed E-state index contributed by atoms with van der Waals surface area (Å²) in [6, 6.07) is 5.41. The monoisotopic (exact) mass is 330 g/mol. The van der Waals surface area contributed by atoms with Crippen molar-refractivity contribution in [3.05, 3.63) is 33.3 Å². The summed E-state index contributed by atoms with van der Waals surface area (Å²) < 4.78 is 6.48. The molecule has 4 atom stereocenters. The smallest absolute Gasteiger partial charge is 0.171 e. The van der Waals surface area contributed by atoms with Gasteiger partial charge in [-0.15, -0.1) is 0 Å². The quantitative estimate of drug-likeness (QED) is 0.753. The zero-order chi connectivity index (χ0) is 13.4. The molecule has 0 saturated carbocycles. The minimum absolute atomic E-state index is 0.0642. The van der Waals surface area contributed by atoms with Crippen molar-refractivity contribution >= 4 is 33.3 Å². The van der Waals surface area contributed by atoms with E-state index in [0.29, 0.717) is 10.6 Å². The first-order chi connectivity index (χ1) is 8.43. The van der Waals surface area contributed by atoms with Gasteiger partial charge in [0.25, 0.3) is 0 Å². The van der Waals surface area contributed by atoms with Crippen LogP contribution in [-0.2, 0) is 4.74 Å². The maximum Gasteiger partial charge on any atom is 0.171 e. The fourth-order valence-electron chi connectivity index (χ4n) is 2.62. The number of ether oxygens (including phenoxy) is 1. The number of carbonyl (C=O) groups excluding carboxylic acids is 1. The van der Waals surface area contributed by atoms with Crippen LogP contribution in [-0.4, -0.2) is 18.0 Å². The van der Waals surface area contributed by atoms with Gasteiger partial charge in [-0.05, 0) is 47.8 Å². The zero-order valence-electron chi connectivity index (χ0n) is 10.6. The summed E-state index contributed by atoms with van der Waals surface area (Å²) >= 11 is 9.55. The lowest BCUT2D eigenvalue weighted by atomic mass is 9.83. The van der Waals surface area contributed by atoms with Crippen molar-refractivity contribution in [2.75, 3.05) is 0 Å². The third kappa shape index (κ3) is 2.36. The lowest BCUT2D eigenvalue weighted by molar-refractivity contribution is 0.0491. The number of carbonyl (C=O) groups is 1. The standard InChI is InChI=1S/C14H16BrClO2/c1-7-8(2)18-9(3)12(7)14(17)13-10(15)5-4-6-11(13)16/h4-9,12H,1-3H3. The Kier molecular flexibility index (Phi) is 4.15. The molecule has 98 valence electrons. The van der Waals surface area contributed by atoms with Gasteiger partial charge in [0.1, 0.15) is 0 Å². The molecule has 0 aromatic heterocycles. The predicted octanol–water partition coefficient (Wildman–Crippen LogP) is 4.34. The van der Waals surface area contributed by atoms with E-state index in [9.17, 15) is 4.79 Å². The van der Waals surface area contributed by atoms with Crippen molar-refractivity contribution in [3.63, 3.8) is 0 Å². The Hall–Kier alpha value is -0.380. The predicted molar refractivity (Wildman–Crippen MR) is 76.1 cm³/mol. The van der Waals surface area contributed by atoms with Crippen LogP contribution in [0.25, 0.3) is 0 Å². The SMILES string of the molecule is CC1OC(C)C(C(=O)c2c(Cl)cccc2Br)C1C. The van der Waals surface area contributed by atoms with Gasteiger partial charge in [0.15, 0.2) is 5.78 Å². The maximum absolute atomic E-state index is 12.7. The molecule has 0 N–H and O–H groups in total. The molecule has 0 amide bonds. The number of hydrogen-bond acceptors (Lipinski definition) is 2. The Balaban J connectivity index is 2.37. The van der Waals surface area contributed by atoms with Crippen LogP contribution in [0.2, 0.25) is 5.02 Å². The number of Topliss-reactive ketones (excluding diaryl/α,β-unsaturated/α-hetero) is 1. The number of benzene rings is 1. The number of rotatable bonds is 2. The second-order valence-electron chi connectivity index (χ2n) is 4.89. The molecular weight excluding hydrogens is 316 g/mol. The number of hydrogen-bond donors (Lipinski definition) is 0. The van der Waals surface area contributed by atoms with Crippen molar-refractivity contribution in [1.29, 1.82) is 0 Å². The van der Waals surface area contributed by atoms with Crippen LogP contribution in [0.5, 0.6) is 0 Å². The molecule has 1 fully saturated rings. The first-order valence-electron chi connectivity index (χ1n) is 6.07. The molecule has 0 aliphatic carbocycles. The van der Waals surface area contributed by atoms with Crippen LogP contribution in [0.4, 0.5) is 0 Å². The van der Waals surface area contributed by atoms with E-state index in [1.54, 1.807) is 6.07 Å². The second-order valence-corrected chi connectivity index (χ2v) is 6.15. The van der Waals surface area contributed by atoms with Crippen molar-refractivity contribution in [2.45, 2.75) is 33.0 Å². The van der Waals surface area contributed by atoms with Crippen molar-refractivity contribution in [2.24, 2.45) is 11.8 Å². The highest BCUT2D eigenvalue weighted by Gasteiger charge is 2.42. The second kappa shape index (κ2) is 5.32. The highest BCUT2D eigenvalue weighted by atomic mass is 79.9. The van der Waals surface area contributed by atoms with Crippen LogP contribution in [0.15, 0.2) is 22.7 Å². The van der Waals surface area contributed by atoms with Gasteiger partial charge in [-0.2, -0.15) is 0 Å². The zero-order valence-corrected chi connectivity index (χ0v) is 13.0. The lowest BCUT2D eigenvalue weighted by Crippen LogP contribution is -2.27. The first kappa shape index (κ1) is 14.0. The molecule has 2 rings (SSSR count). The van der Waals surface area contributed by atoms with Crippen LogP contribution < -0.4 is 0 Å². The third-order valence-corrected chi connectivity index (χ3v) is 4.73. The van der Waals surface area contributed by atoms with Gasteiger partial charge in [0.2, 0.25) is 0 Å². The van der Waals surface area contributed by atoms with E-state index >= 15 is 0 Å². The summed E-state index contributed by atoms with van der Waals surface area (Å²) in [5, 5.41) is 0.494. The summed E-state index contributed by atoms with van der Waals surface area (Å²) in [7, 11) is 0. The molecule has 1 aliphatic heterocycles. The Morgan fingerprint density at radius 1 is 1.28 bits per heavy atom. The molecule has 4 unspecified atom stereocenters. The number of ketones is 1. The van der Waals surface area contributed by atoms with E-state index in [0.717, 1.165) is 4.47 Å². The van der Waals surface area contributed by atoms with E-state index in [4.69, 9.17) is 16.3 Å². The molecule has 2 nitrogen and oxygen atoms in total. The van der Waals surface area contributed by atoms with Gasteiger partial charge in [0.05, 0.1) is 28.7 Å². The fraction of sp³-hybridized carbons (Fsp3) is 0.500. The highest BCUT2D eigenvalue weighted by Crippen LogP contribution is 2.37. The minimum Gasteiger partial charge on any atom is -0.374 e. The average molecular weight is 332 g/mol. The summed E-state index contributed by atoms with van der Waals surface area (Å²) in [4.78, 5) is 12.7. The molecule has 0 radical (unpaired) electrons. The first-order valence-corrected chi connectivity index (χ1v) is 7.24. The van der Waals surface area contributed by atoms with Crippen LogP contribution in [0.3, 0.4) is 0 Å². The van der Waals surface area contributed by atoms with Crippen molar-refractivity contribution < 1.29 is 9.53 Å². The highest BCUT2D eigenvalue weighted by molar-refractivity contribution is 9.10. The topological polar surface area (TPSA) is 26.3 Å². The molecule has 1 aromatic carbocycles. The van der Waals surface area contributed by atoms with E-state index in [-0.39, 0.29) is 29.8 Å². The fourth-order valence-corrected chi connectivity index (χ4v) is 3.56. The molecule has 4 heteroatoms. The summed E-state index contributed by atoms with van der Waals surface area (Å²) in [6.07, 6.45) is 0.0425. The van der Waals surface area contributed by atoms with Gasteiger partial charge >= 0.3 is 0 Å². The summed E-state index contributed by atoms with van der Waals surface area (Å²) in [6.45, 7) is 6.02. The van der Waals surface area contributed by atoms with Crippen LogP contribution in [0.1, 0.15) is 31.1 Å². The lowest BCUT2D eigenvalue weighted by Gasteiger charge is -2.18. The van der Waals surface area contributed by atoms with Crippen LogP contribution in [0, 0.1) is 11.8 Å². The van der Waals surface area contributed by atoms with E-state index < -0.39 is 0 Å². The number of halogens is 2. The van der Waals surface area contributed by atoms with Gasteiger partial charge < -0.3 is 4.74 Å². The molecule has 0 bridgehead atoms. The summed E-state index contributed by atoms with van der Waals surface area (Å²) in [5.41, 5.74) is 0.570. The molecule has 1 heterocycles. The van der Waals surface area contributed by atoms with E-state index in [2.05, 4.69) is 22.9 Å². The Morgan fingerprint density at radius 2 is 1.94 bits per heavy atom. The largest absolute Gasteiger partial charge is 0.374 e. The van der Waals surface area contributed by atoms with Gasteiger partial charge in [0, 0.05) is 4.47 Å². The normalized spacial score (nSPS) is 31.6. The Bertz CT molecular complexity index is 455. The van der Waals surface area contributed by atoms with E-state index in [1.807, 2.05) is 26.0 Å². The van der Waals surface area contributed by atoms with Gasteiger partial charge in [-0.1, -0.05) is 24.6 Å². The summed E-state index contributed by atoms with van der Waals surface area (Å²) in [5.74, 6) is 0.142. The van der Waals surface area contributed by atoms with Crippen LogP contribution >= 0.6 is 27.5 Å². The molecule has 1 aromatic rings. The third-order valence-electron chi connectivity index (χ3n) is 3.75. The average Bonchev–Trinajstić information content (AvgIpc) is 2.52. The molecule has 0 spiro atoms. The van der Waals surface area contributed by atoms with Crippen molar-refractivity contribution in [1.82, 2.24) is 0 Å². The molecule has 1 aliphatic rings. The Labute approximate surface area is 121 Å². The minimum atomic E-state index is -0.129. The Morgan fingerprint density at radius 3 is 2.44 bits per heavy atom. The molecule has 18 heavy (non-hydrogen) atoms. The van der Waals surface area contributed by atoms with E-state index in [1.165, 1.54) is 0 Å². The van der Waals surface area contributed by atoms with Gasteiger partial charge in [-0.25, -0.2) is 0 Å². The maximum atomic E-state index is 12.7. The van der Waals surface area contributed by atoms with Crippen molar-refractivity contribution in [3.8, 4) is 0 Å². The molecule has 1 saturated heterocycles.